The minimum absolute atomic E-state index is 0.0598. The van der Waals surface area contributed by atoms with E-state index in [4.69, 9.17) is 0 Å². The van der Waals surface area contributed by atoms with E-state index in [-0.39, 0.29) is 10.8 Å². The van der Waals surface area contributed by atoms with E-state index in [0.29, 0.717) is 17.2 Å². The Kier molecular flexibility index (Phi) is 6.23. The zero-order valence-electron chi connectivity index (χ0n) is 20.5. The molecule has 1 amide bonds. The average Bonchev–Trinajstić information content (AvgIpc) is 3.27. The van der Waals surface area contributed by atoms with Gasteiger partial charge in [-0.15, -0.1) is 0 Å². The average molecular weight is 505 g/mol. The first-order valence-corrected chi connectivity index (χ1v) is 13.6. The third kappa shape index (κ3) is 4.82. The largest absolute Gasteiger partial charge is 0.336 e. The van der Waals surface area contributed by atoms with Gasteiger partial charge in [0, 0.05) is 67.2 Å². The van der Waals surface area contributed by atoms with Gasteiger partial charge in [-0.3, -0.25) is 4.79 Å². The number of benzene rings is 2. The predicted octanol–water partition coefficient (Wildman–Crippen LogP) is 3.26. The van der Waals surface area contributed by atoms with E-state index >= 15 is 0 Å². The first kappa shape index (κ1) is 24.0. The second kappa shape index (κ2) is 9.36. The van der Waals surface area contributed by atoms with Crippen LogP contribution in [0.2, 0.25) is 0 Å². The molecule has 2 aromatic heterocycles. The summed E-state index contributed by atoms with van der Waals surface area (Å²) in [7, 11) is -1.20. The number of hydrogen-bond donors (Lipinski definition) is 1. The van der Waals surface area contributed by atoms with Crippen LogP contribution in [-0.2, 0) is 9.84 Å². The number of piperazine rings is 1. The third-order valence-corrected chi connectivity index (χ3v) is 7.60. The minimum Gasteiger partial charge on any atom is -0.336 e. The number of carbonyl (C=O) groups excluding carboxylic acids is 1. The number of aromatic nitrogens is 3. The fourth-order valence-electron chi connectivity index (χ4n) is 4.33. The SMILES string of the molecule is Cc1cc(Nc2ncc3ccn(-c4ccc(S(C)(=O)=O)cc4)c3n2)ccc1C(=O)N1CCN(C)CC1. The van der Waals surface area contributed by atoms with E-state index in [1.165, 1.54) is 6.26 Å². The van der Waals surface area contributed by atoms with Crippen molar-refractivity contribution >= 4 is 38.4 Å². The molecule has 0 atom stereocenters. The van der Waals surface area contributed by atoms with Crippen molar-refractivity contribution < 1.29 is 13.2 Å². The third-order valence-electron chi connectivity index (χ3n) is 6.47. The summed E-state index contributed by atoms with van der Waals surface area (Å²) >= 11 is 0. The van der Waals surface area contributed by atoms with Gasteiger partial charge in [0.15, 0.2) is 9.84 Å². The number of fused-ring (bicyclic) bond motifs is 1. The molecule has 186 valence electrons. The van der Waals surface area contributed by atoms with E-state index in [9.17, 15) is 13.2 Å². The highest BCUT2D eigenvalue weighted by atomic mass is 32.2. The fourth-order valence-corrected chi connectivity index (χ4v) is 4.96. The number of nitrogens with zero attached hydrogens (tertiary/aromatic N) is 5. The van der Waals surface area contributed by atoms with E-state index in [1.54, 1.807) is 30.5 Å². The molecule has 4 aromatic rings. The van der Waals surface area contributed by atoms with Crippen molar-refractivity contribution in [1.29, 1.82) is 0 Å². The van der Waals surface area contributed by atoms with Crippen LogP contribution < -0.4 is 5.32 Å². The lowest BCUT2D eigenvalue weighted by atomic mass is 10.1. The zero-order valence-corrected chi connectivity index (χ0v) is 21.3. The summed E-state index contributed by atoms with van der Waals surface area (Å²) in [5.74, 6) is 0.484. The maximum Gasteiger partial charge on any atom is 0.254 e. The Labute approximate surface area is 210 Å². The molecular weight excluding hydrogens is 476 g/mol. The Bertz CT molecular complexity index is 1540. The number of amides is 1. The number of anilines is 2. The highest BCUT2D eigenvalue weighted by Gasteiger charge is 2.21. The van der Waals surface area contributed by atoms with Gasteiger partial charge in [-0.1, -0.05) is 0 Å². The van der Waals surface area contributed by atoms with Crippen molar-refractivity contribution in [3.05, 3.63) is 72.1 Å². The number of likely N-dealkylation sites (N-methyl/N-ethyl adjacent to an activating group) is 1. The van der Waals surface area contributed by atoms with Crippen molar-refractivity contribution in [2.75, 3.05) is 44.8 Å². The number of hydrogen-bond acceptors (Lipinski definition) is 7. The number of nitrogens with one attached hydrogen (secondary N) is 1. The van der Waals surface area contributed by atoms with Gasteiger partial charge in [0.1, 0.15) is 5.65 Å². The summed E-state index contributed by atoms with van der Waals surface area (Å²) in [6.45, 7) is 5.17. The van der Waals surface area contributed by atoms with Crippen LogP contribution in [-0.4, -0.2) is 78.1 Å². The molecule has 3 heterocycles. The van der Waals surface area contributed by atoms with Crippen LogP contribution in [0.5, 0.6) is 0 Å². The number of aryl methyl sites for hydroxylation is 1. The van der Waals surface area contributed by atoms with Crippen molar-refractivity contribution in [2.45, 2.75) is 11.8 Å². The number of sulfone groups is 1. The molecule has 9 nitrogen and oxygen atoms in total. The summed E-state index contributed by atoms with van der Waals surface area (Å²) < 4.78 is 25.4. The quantitative estimate of drug-likeness (QED) is 0.445. The van der Waals surface area contributed by atoms with E-state index < -0.39 is 9.84 Å². The van der Waals surface area contributed by atoms with Crippen molar-refractivity contribution in [1.82, 2.24) is 24.3 Å². The minimum atomic E-state index is -3.26. The van der Waals surface area contributed by atoms with Crippen molar-refractivity contribution in [3.8, 4) is 5.69 Å². The lowest BCUT2D eigenvalue weighted by molar-refractivity contribution is 0.0663. The van der Waals surface area contributed by atoms with E-state index in [2.05, 4.69) is 27.2 Å². The molecular formula is C26H28N6O3S. The fraction of sp³-hybridized carbons (Fsp3) is 0.269. The van der Waals surface area contributed by atoms with Crippen LogP contribution in [0, 0.1) is 6.92 Å². The normalized spacial score (nSPS) is 14.8. The molecule has 1 aliphatic heterocycles. The van der Waals surface area contributed by atoms with Gasteiger partial charge in [0.25, 0.3) is 5.91 Å². The molecule has 1 N–H and O–H groups in total. The van der Waals surface area contributed by atoms with Crippen molar-refractivity contribution in [3.63, 3.8) is 0 Å². The van der Waals surface area contributed by atoms with Gasteiger partial charge < -0.3 is 19.7 Å². The molecule has 0 aliphatic carbocycles. The Morgan fingerprint density at radius 1 is 1.00 bits per heavy atom. The first-order chi connectivity index (χ1) is 17.2. The summed E-state index contributed by atoms with van der Waals surface area (Å²) in [4.78, 5) is 26.5. The highest BCUT2D eigenvalue weighted by Crippen LogP contribution is 2.24. The molecule has 0 radical (unpaired) electrons. The summed E-state index contributed by atoms with van der Waals surface area (Å²) in [5, 5.41) is 4.10. The highest BCUT2D eigenvalue weighted by molar-refractivity contribution is 7.90. The van der Waals surface area contributed by atoms with E-state index in [1.807, 2.05) is 46.9 Å². The standard InChI is InChI=1S/C26H28N6O3S/c1-18-16-20(4-9-23(18)25(33)31-14-12-30(2)13-15-31)28-26-27-17-19-10-11-32(24(19)29-26)21-5-7-22(8-6-21)36(3,34)35/h4-11,16-17H,12-15H2,1-3H3,(H,27,28,29). The maximum absolute atomic E-state index is 13.0. The summed E-state index contributed by atoms with van der Waals surface area (Å²) in [6, 6.07) is 14.2. The van der Waals surface area contributed by atoms with Gasteiger partial charge in [0.2, 0.25) is 5.95 Å². The van der Waals surface area contributed by atoms with Gasteiger partial charge >= 0.3 is 0 Å². The zero-order chi connectivity index (χ0) is 25.4. The van der Waals surface area contributed by atoms with Crippen LogP contribution in [0.15, 0.2) is 65.8 Å². The molecule has 1 saturated heterocycles. The lowest BCUT2D eigenvalue weighted by Gasteiger charge is -2.32. The number of carbonyl (C=O) groups is 1. The van der Waals surface area contributed by atoms with Gasteiger partial charge in [-0.2, -0.15) is 4.98 Å². The van der Waals surface area contributed by atoms with Crippen LogP contribution in [0.3, 0.4) is 0 Å². The van der Waals surface area contributed by atoms with Gasteiger partial charge in [0.05, 0.1) is 4.90 Å². The Balaban J connectivity index is 1.37. The first-order valence-electron chi connectivity index (χ1n) is 11.7. The van der Waals surface area contributed by atoms with E-state index in [0.717, 1.165) is 48.5 Å². The van der Waals surface area contributed by atoms with Crippen LogP contribution >= 0.6 is 0 Å². The monoisotopic (exact) mass is 504 g/mol. The maximum atomic E-state index is 13.0. The summed E-state index contributed by atoms with van der Waals surface area (Å²) in [6.07, 6.45) is 4.81. The molecule has 2 aromatic carbocycles. The Morgan fingerprint density at radius 3 is 2.39 bits per heavy atom. The molecule has 10 heteroatoms. The lowest BCUT2D eigenvalue weighted by Crippen LogP contribution is -2.47. The molecule has 0 spiro atoms. The second-order valence-corrected chi connectivity index (χ2v) is 11.2. The predicted molar refractivity (Wildman–Crippen MR) is 140 cm³/mol. The van der Waals surface area contributed by atoms with Gasteiger partial charge in [-0.25, -0.2) is 13.4 Å². The van der Waals surface area contributed by atoms with Crippen LogP contribution in [0.4, 0.5) is 11.6 Å². The van der Waals surface area contributed by atoms with Crippen molar-refractivity contribution in [2.24, 2.45) is 0 Å². The molecule has 0 bridgehead atoms. The smallest absolute Gasteiger partial charge is 0.254 e. The second-order valence-electron chi connectivity index (χ2n) is 9.17. The molecule has 0 saturated carbocycles. The molecule has 1 fully saturated rings. The Hall–Kier alpha value is -3.76. The number of rotatable bonds is 5. The van der Waals surface area contributed by atoms with Crippen LogP contribution in [0.1, 0.15) is 15.9 Å². The molecule has 5 rings (SSSR count). The van der Waals surface area contributed by atoms with Crippen LogP contribution in [0.25, 0.3) is 16.7 Å². The van der Waals surface area contributed by atoms with Gasteiger partial charge in [-0.05, 0) is 68.1 Å². The Morgan fingerprint density at radius 2 is 1.72 bits per heavy atom. The molecule has 1 aliphatic rings. The molecule has 36 heavy (non-hydrogen) atoms. The molecule has 0 unspecified atom stereocenters. The summed E-state index contributed by atoms with van der Waals surface area (Å²) in [5.41, 5.74) is 3.87. The topological polar surface area (TPSA) is 100 Å².